The Morgan fingerprint density at radius 2 is 0.742 bits per heavy atom. The van der Waals surface area contributed by atoms with E-state index < -0.39 is 300 Å². The van der Waals surface area contributed by atoms with Crippen molar-refractivity contribution in [1.82, 2.24) is 0 Å². The first-order valence-corrected chi connectivity index (χ1v) is 38.1. The molecule has 6 fully saturated rings. The summed E-state index contributed by atoms with van der Waals surface area (Å²) in [4.78, 5) is 41.1. The molecule has 678 valence electrons. The first kappa shape index (κ1) is 93.2. The van der Waals surface area contributed by atoms with Crippen LogP contribution < -0.4 is 28.4 Å². The van der Waals surface area contributed by atoms with Crippen molar-refractivity contribution >= 4 is 42.2 Å². The van der Waals surface area contributed by atoms with Crippen molar-refractivity contribution in [2.75, 3.05) is 46.8 Å². The summed E-state index contributed by atoms with van der Waals surface area (Å²) in [7, 11) is 1.20. The van der Waals surface area contributed by atoms with Crippen molar-refractivity contribution in [3.8, 4) is 63.2 Å². The number of hydrogen-bond donors (Lipinski definition) is 25. The molecule has 31 unspecified atom stereocenters. The normalized spacial score (nSPS) is 35.0. The number of aliphatic hydroxyl groups excluding tert-OH is 20. The Bertz CT molecular complexity index is 4610. The molecule has 124 heavy (non-hydrogen) atoms. The van der Waals surface area contributed by atoms with E-state index in [2.05, 4.69) is 0 Å². The summed E-state index contributed by atoms with van der Waals surface area (Å²) in [5.74, 6) is -9.03. The molecule has 45 nitrogen and oxygen atoms in total. The number of aliphatic hydroxyl groups is 20. The second-order valence-corrected chi connectivity index (χ2v) is 29.2. The number of ether oxygens (including phenoxy) is 17. The Hall–Kier alpha value is -10.0. The predicted octanol–water partition coefficient (Wildman–Crippen LogP) is -7.15. The number of carbonyl (C=O) groups is 3. The van der Waals surface area contributed by atoms with E-state index in [1.165, 1.54) is 49.6 Å². The molecule has 0 saturated carbocycles. The average Bonchev–Trinajstić information content (AvgIpc) is 0.756. The highest BCUT2D eigenvalue weighted by Crippen LogP contribution is 2.48. The van der Waals surface area contributed by atoms with Gasteiger partial charge in [-0.1, -0.05) is 24.3 Å². The Balaban J connectivity index is 0.793. The molecule has 31 atom stereocenters. The average molecular weight is 1760 g/mol. The Labute approximate surface area is 699 Å². The van der Waals surface area contributed by atoms with E-state index in [0.717, 1.165) is 85.0 Å². The van der Waals surface area contributed by atoms with Crippen LogP contribution in [0.1, 0.15) is 33.9 Å². The Morgan fingerprint density at radius 3 is 1.23 bits per heavy atom. The number of carbonyl (C=O) groups excluding carboxylic acids is 3. The smallest absolute Gasteiger partial charge is 0.331 e. The molecular weight excluding hydrogens is 1670 g/mol. The number of benzene rings is 5. The highest BCUT2D eigenvalue weighted by atomic mass is 16.8. The zero-order chi connectivity index (χ0) is 89.6. The molecule has 7 aliphatic rings. The molecule has 0 aromatic heterocycles. The van der Waals surface area contributed by atoms with Crippen molar-refractivity contribution in [2.45, 2.75) is 190 Å². The fourth-order valence-electron chi connectivity index (χ4n) is 13.9. The van der Waals surface area contributed by atoms with E-state index in [9.17, 15) is 142 Å². The number of rotatable bonds is 29. The van der Waals surface area contributed by atoms with E-state index >= 15 is 0 Å². The highest BCUT2D eigenvalue weighted by molar-refractivity contribution is 5.88. The molecule has 7 heterocycles. The van der Waals surface area contributed by atoms with E-state index in [0.29, 0.717) is 0 Å². The van der Waals surface area contributed by atoms with Gasteiger partial charge in [0.05, 0.1) is 45.7 Å². The molecule has 0 amide bonds. The lowest BCUT2D eigenvalue weighted by Crippen LogP contribution is -2.65. The molecule has 0 spiro atoms. The summed E-state index contributed by atoms with van der Waals surface area (Å²) in [6.07, 6.45) is -52.2. The molecule has 5 aromatic carbocycles. The molecule has 7 aliphatic heterocycles. The van der Waals surface area contributed by atoms with E-state index in [-0.39, 0.29) is 45.1 Å². The fourth-order valence-corrected chi connectivity index (χ4v) is 13.9. The van der Waals surface area contributed by atoms with Gasteiger partial charge in [-0.3, -0.25) is 0 Å². The molecule has 12 rings (SSSR count). The van der Waals surface area contributed by atoms with E-state index in [1.807, 2.05) is 0 Å². The third-order valence-electron chi connectivity index (χ3n) is 20.8. The Morgan fingerprint density at radius 1 is 0.355 bits per heavy atom. The van der Waals surface area contributed by atoms with Crippen molar-refractivity contribution in [2.24, 2.45) is 0 Å². The summed E-state index contributed by atoms with van der Waals surface area (Å²) in [6.45, 7) is -5.50. The first-order valence-electron chi connectivity index (χ1n) is 38.1. The zero-order valence-corrected chi connectivity index (χ0v) is 64.6. The van der Waals surface area contributed by atoms with Gasteiger partial charge >= 0.3 is 17.9 Å². The van der Waals surface area contributed by atoms with Crippen LogP contribution in [0.2, 0.25) is 0 Å². The number of phenols is 5. The van der Waals surface area contributed by atoms with Gasteiger partial charge in [-0.2, -0.15) is 0 Å². The summed E-state index contributed by atoms with van der Waals surface area (Å²) < 4.78 is 98.4. The summed E-state index contributed by atoms with van der Waals surface area (Å²) in [5, 5.41) is 268. The van der Waals surface area contributed by atoms with Crippen LogP contribution >= 0.6 is 0 Å². The third-order valence-corrected chi connectivity index (χ3v) is 20.8. The monoisotopic (exact) mass is 1760 g/mol. The largest absolute Gasteiger partial charge is 0.508 e. The number of methoxy groups -OCH3 is 1. The van der Waals surface area contributed by atoms with Crippen LogP contribution in [0.15, 0.2) is 109 Å². The van der Waals surface area contributed by atoms with Gasteiger partial charge in [-0.25, -0.2) is 14.4 Å². The number of esters is 3. The Kier molecular flexibility index (Phi) is 30.4. The van der Waals surface area contributed by atoms with Crippen LogP contribution in [0, 0.1) is 0 Å². The highest BCUT2D eigenvalue weighted by Gasteiger charge is 2.56. The lowest BCUT2D eigenvalue weighted by molar-refractivity contribution is -0.364. The molecule has 25 N–H and O–H groups in total. The molecule has 5 aromatic rings. The zero-order valence-electron chi connectivity index (χ0n) is 64.6. The van der Waals surface area contributed by atoms with E-state index in [4.69, 9.17) is 80.5 Å². The number of aromatic hydroxyl groups is 5. The van der Waals surface area contributed by atoms with Crippen molar-refractivity contribution < 1.29 is 223 Å². The fraction of sp³-hybridized carbons (Fsp3) is 0.481. The molecule has 6 saturated heterocycles. The topological polar surface area (TPSA) is 714 Å². The summed E-state index contributed by atoms with van der Waals surface area (Å²) in [5.41, 5.74) is 0.0561. The lowest BCUT2D eigenvalue weighted by Gasteiger charge is -2.47. The van der Waals surface area contributed by atoms with Gasteiger partial charge in [0, 0.05) is 35.9 Å². The van der Waals surface area contributed by atoms with Crippen molar-refractivity contribution in [1.29, 1.82) is 0 Å². The number of fused-ring (bicyclic) bond motifs is 1. The van der Waals surface area contributed by atoms with Crippen LogP contribution in [0.3, 0.4) is 0 Å². The van der Waals surface area contributed by atoms with Crippen LogP contribution in [0.4, 0.5) is 0 Å². The standard InChI is InChI=1S/C79H92O45/c1-108-42-19-32(8-11-35(42)86)70-45(22-34-40(110-70)20-33(85)21-41(34)112-74-67(105)61(99)55(93)46(23-80)116-74)115-78-73(124-79-72(65(103)59(97)50(27-84)120-79)123-54(92)15-7-31-3-10-37(88)44(18-31)114-76-69(107)63(101)57(95)48(25-82)118-76)66(104)60(98)51(121-78)28-109-52(90)13-5-29-4-12-39(38(89)16-29)111-77-71(64(102)58(96)49(26-83)119-77)122-53(91)14-6-30-2-9-36(87)43(17-30)113-75-68(106)62(100)56(94)47(24-81)117-75/h2-22,46-51,55-89,93-107H,23-28H2,1H3. The first-order chi connectivity index (χ1) is 59.1. The second kappa shape index (κ2) is 40.5. The van der Waals surface area contributed by atoms with Crippen LogP contribution in [-0.4, -0.2) is 377 Å². The maximum absolute atomic E-state index is 13.9. The number of hydrogen-bond acceptors (Lipinski definition) is 45. The maximum atomic E-state index is 13.9. The van der Waals surface area contributed by atoms with Crippen LogP contribution in [-0.2, 0) is 66.5 Å². The minimum atomic E-state index is -2.37. The minimum Gasteiger partial charge on any atom is -0.508 e. The van der Waals surface area contributed by atoms with Crippen molar-refractivity contribution in [3.63, 3.8) is 0 Å². The lowest BCUT2D eigenvalue weighted by atomic mass is 9.96. The molecule has 45 heteroatoms. The van der Waals surface area contributed by atoms with Gasteiger partial charge in [0.25, 0.3) is 0 Å². The quantitative estimate of drug-likeness (QED) is 0.0120. The minimum absolute atomic E-state index is 0.0272. The van der Waals surface area contributed by atoms with Gasteiger partial charge in [0.1, 0.15) is 158 Å². The van der Waals surface area contributed by atoms with Gasteiger partial charge in [-0.05, 0) is 89.5 Å². The van der Waals surface area contributed by atoms with Crippen LogP contribution in [0.5, 0.6) is 63.2 Å². The third kappa shape index (κ3) is 20.7. The summed E-state index contributed by atoms with van der Waals surface area (Å²) >= 11 is 0. The SMILES string of the molecule is COc1cc(C2Oc3cc(O)cc(OC4OC(CO)C(O)C(O)C4O)c3C=C2OC2OC(COC(=O)C=Cc3ccc(OC4OC(CO)C(O)C(O)C4OC(=O)C=Cc4ccc(O)c(OC5OC(CO)C(O)C(O)C5O)c4)c(O)c3)C(O)C(O)C2OC2OC(CO)C(O)C(O)C2OC(=O)C=Cc2ccc(O)c(OC3OC(CO)C(O)C(O)C3O)c2)ccc1O. The molecule has 0 aliphatic carbocycles. The van der Waals surface area contributed by atoms with Gasteiger partial charge in [-0.15, -0.1) is 0 Å². The summed E-state index contributed by atoms with van der Waals surface area (Å²) in [6, 6.07) is 16.2. The number of phenolic OH excluding ortho intramolecular Hbond substituents is 5. The van der Waals surface area contributed by atoms with Crippen LogP contribution in [0.25, 0.3) is 24.3 Å². The van der Waals surface area contributed by atoms with Crippen molar-refractivity contribution in [3.05, 3.63) is 137 Å². The van der Waals surface area contributed by atoms with E-state index in [1.54, 1.807) is 0 Å². The molecule has 0 radical (unpaired) electrons. The van der Waals surface area contributed by atoms with Gasteiger partial charge < -0.3 is 208 Å². The molecular formula is C79H92O45. The second-order valence-electron chi connectivity index (χ2n) is 29.2. The van der Waals surface area contributed by atoms with Gasteiger partial charge in [0.2, 0.25) is 31.5 Å². The maximum Gasteiger partial charge on any atom is 0.331 e. The molecule has 0 bridgehead atoms. The van der Waals surface area contributed by atoms with Gasteiger partial charge in [0.15, 0.2) is 76.7 Å². The predicted molar refractivity (Wildman–Crippen MR) is 402 cm³/mol.